The summed E-state index contributed by atoms with van der Waals surface area (Å²) in [7, 11) is 1.86. The molecule has 2 N–H and O–H groups in total. The highest BCUT2D eigenvalue weighted by atomic mass is 35.5. The summed E-state index contributed by atoms with van der Waals surface area (Å²) >= 11 is 12.7. The van der Waals surface area contributed by atoms with E-state index in [0.29, 0.717) is 28.2 Å². The van der Waals surface area contributed by atoms with Gasteiger partial charge in [0.2, 0.25) is 0 Å². The Hall–Kier alpha value is -2.34. The topological polar surface area (TPSA) is 59.1 Å². The number of rotatable bonds is 7. The fourth-order valence-electron chi connectivity index (χ4n) is 4.13. The van der Waals surface area contributed by atoms with E-state index < -0.39 is 0 Å². The van der Waals surface area contributed by atoms with Crippen LogP contribution < -0.4 is 10.6 Å². The van der Waals surface area contributed by atoms with Gasteiger partial charge in [-0.05, 0) is 42.7 Å². The van der Waals surface area contributed by atoms with Gasteiger partial charge in [-0.2, -0.15) is 0 Å². The van der Waals surface area contributed by atoms with Gasteiger partial charge < -0.3 is 15.4 Å². The Kier molecular flexibility index (Phi) is 6.65. The number of aromatic nitrogens is 2. The van der Waals surface area contributed by atoms with Crippen LogP contribution in [-0.4, -0.2) is 29.7 Å². The van der Waals surface area contributed by atoms with Gasteiger partial charge >= 0.3 is 0 Å². The molecule has 0 unspecified atom stereocenters. The summed E-state index contributed by atoms with van der Waals surface area (Å²) in [5, 5.41) is 7.93. The van der Waals surface area contributed by atoms with Gasteiger partial charge in [0.1, 0.15) is 11.5 Å². The zero-order valence-corrected chi connectivity index (χ0v) is 19.4. The van der Waals surface area contributed by atoms with Gasteiger partial charge in [-0.1, -0.05) is 54.4 Å². The molecule has 1 aliphatic rings. The summed E-state index contributed by atoms with van der Waals surface area (Å²) in [6.07, 6.45) is 1.62. The van der Waals surface area contributed by atoms with Gasteiger partial charge in [0, 0.05) is 30.7 Å². The Labute approximate surface area is 193 Å². The van der Waals surface area contributed by atoms with Crippen LogP contribution in [0.3, 0.4) is 0 Å². The van der Waals surface area contributed by atoms with E-state index in [9.17, 15) is 0 Å². The molecule has 0 amide bonds. The van der Waals surface area contributed by atoms with Gasteiger partial charge in [0.25, 0.3) is 0 Å². The maximum atomic E-state index is 6.56. The van der Waals surface area contributed by atoms with Crippen molar-refractivity contribution in [3.63, 3.8) is 0 Å². The molecule has 3 aromatic rings. The lowest BCUT2D eigenvalue weighted by atomic mass is 10.1. The Balaban J connectivity index is 1.83. The van der Waals surface area contributed by atoms with E-state index in [-0.39, 0.29) is 12.1 Å². The smallest absolute Gasteiger partial charge is 0.155 e. The maximum Gasteiger partial charge on any atom is 0.155 e. The number of aryl methyl sites for hydroxylation is 1. The molecule has 2 aromatic carbocycles. The second-order valence-corrected chi connectivity index (χ2v) is 8.31. The number of benzene rings is 2. The highest BCUT2D eigenvalue weighted by Crippen LogP contribution is 2.40. The van der Waals surface area contributed by atoms with Crippen LogP contribution in [0.1, 0.15) is 36.7 Å². The van der Waals surface area contributed by atoms with E-state index in [1.54, 1.807) is 6.07 Å². The summed E-state index contributed by atoms with van der Waals surface area (Å²) < 4.78 is 6.09. The third kappa shape index (κ3) is 4.36. The SMILES string of the molecule is CCO[C@H]1Cc2ccccc2[C@H]1Nc1nc(NC)c(CC)nc1-c1ccc(Cl)cc1Cl. The van der Waals surface area contributed by atoms with Crippen LogP contribution in [0.2, 0.25) is 10.0 Å². The number of halogens is 2. The molecule has 162 valence electrons. The molecule has 0 fully saturated rings. The van der Waals surface area contributed by atoms with Gasteiger partial charge in [-0.25, -0.2) is 9.97 Å². The first kappa shape index (κ1) is 21.9. The van der Waals surface area contributed by atoms with Crippen molar-refractivity contribution in [2.45, 2.75) is 38.8 Å². The normalized spacial score (nSPS) is 17.5. The number of hydrogen-bond acceptors (Lipinski definition) is 5. The van der Waals surface area contributed by atoms with E-state index in [1.165, 1.54) is 11.1 Å². The Bertz CT molecular complexity index is 1090. The molecule has 0 saturated carbocycles. The van der Waals surface area contributed by atoms with Crippen LogP contribution in [-0.2, 0) is 17.6 Å². The molecule has 0 aliphatic heterocycles. The molecule has 1 aromatic heterocycles. The van der Waals surface area contributed by atoms with Crippen molar-refractivity contribution in [3.05, 3.63) is 69.3 Å². The number of nitrogens with one attached hydrogen (secondary N) is 2. The maximum absolute atomic E-state index is 6.56. The van der Waals surface area contributed by atoms with Crippen LogP contribution in [0.5, 0.6) is 0 Å². The van der Waals surface area contributed by atoms with E-state index in [0.717, 1.165) is 29.9 Å². The first-order valence-corrected chi connectivity index (χ1v) is 11.3. The Morgan fingerprint density at radius 3 is 2.58 bits per heavy atom. The molecule has 31 heavy (non-hydrogen) atoms. The number of nitrogens with zero attached hydrogens (tertiary/aromatic N) is 2. The zero-order valence-electron chi connectivity index (χ0n) is 17.9. The van der Waals surface area contributed by atoms with Crippen molar-refractivity contribution in [1.82, 2.24) is 9.97 Å². The molecule has 1 heterocycles. The molecule has 1 aliphatic carbocycles. The molecule has 2 atom stereocenters. The van der Waals surface area contributed by atoms with E-state index in [1.807, 2.05) is 26.1 Å². The van der Waals surface area contributed by atoms with Crippen molar-refractivity contribution < 1.29 is 4.74 Å². The molecule has 0 bridgehead atoms. The van der Waals surface area contributed by atoms with Crippen LogP contribution in [0, 0.1) is 0 Å². The van der Waals surface area contributed by atoms with Crippen LogP contribution in [0.25, 0.3) is 11.3 Å². The largest absolute Gasteiger partial charge is 0.376 e. The first-order valence-electron chi connectivity index (χ1n) is 10.6. The number of hydrogen-bond donors (Lipinski definition) is 2. The minimum absolute atomic E-state index is 0.0154. The van der Waals surface area contributed by atoms with Crippen LogP contribution >= 0.6 is 23.2 Å². The molecule has 0 spiro atoms. The average molecular weight is 457 g/mol. The first-order chi connectivity index (χ1) is 15.0. The average Bonchev–Trinajstić information content (AvgIpc) is 3.11. The number of fused-ring (bicyclic) bond motifs is 1. The van der Waals surface area contributed by atoms with E-state index in [2.05, 4.69) is 41.8 Å². The van der Waals surface area contributed by atoms with Crippen molar-refractivity contribution in [3.8, 4) is 11.3 Å². The van der Waals surface area contributed by atoms with Gasteiger partial charge in [-0.3, -0.25) is 0 Å². The summed E-state index contributed by atoms with van der Waals surface area (Å²) in [5.74, 6) is 1.41. The van der Waals surface area contributed by atoms with Crippen molar-refractivity contribution in [1.29, 1.82) is 0 Å². The molecule has 4 rings (SSSR count). The second kappa shape index (κ2) is 9.43. The third-order valence-electron chi connectivity index (χ3n) is 5.58. The van der Waals surface area contributed by atoms with Crippen molar-refractivity contribution >= 4 is 34.8 Å². The van der Waals surface area contributed by atoms with Crippen LogP contribution in [0.4, 0.5) is 11.6 Å². The lowest BCUT2D eigenvalue weighted by Gasteiger charge is -2.24. The number of ether oxygens (including phenoxy) is 1. The van der Waals surface area contributed by atoms with Gasteiger partial charge in [0.05, 0.1) is 22.9 Å². The summed E-state index contributed by atoms with van der Waals surface area (Å²) in [6, 6.07) is 13.8. The monoisotopic (exact) mass is 456 g/mol. The zero-order chi connectivity index (χ0) is 22.0. The van der Waals surface area contributed by atoms with E-state index in [4.69, 9.17) is 37.9 Å². The lowest BCUT2D eigenvalue weighted by molar-refractivity contribution is 0.0573. The molecular formula is C24H26Cl2N4O. The number of anilines is 2. The molecule has 7 heteroatoms. The molecule has 5 nitrogen and oxygen atoms in total. The Morgan fingerprint density at radius 2 is 1.87 bits per heavy atom. The van der Waals surface area contributed by atoms with E-state index >= 15 is 0 Å². The summed E-state index contributed by atoms with van der Waals surface area (Å²) in [6.45, 7) is 4.73. The second-order valence-electron chi connectivity index (χ2n) is 7.46. The molecular weight excluding hydrogens is 431 g/mol. The fourth-order valence-corrected chi connectivity index (χ4v) is 4.63. The predicted octanol–water partition coefficient (Wildman–Crippen LogP) is 6.17. The Morgan fingerprint density at radius 1 is 1.06 bits per heavy atom. The summed E-state index contributed by atoms with van der Waals surface area (Å²) in [5.41, 5.74) is 4.88. The predicted molar refractivity (Wildman–Crippen MR) is 128 cm³/mol. The minimum atomic E-state index is -0.0348. The molecule has 0 radical (unpaired) electrons. The molecule has 0 saturated heterocycles. The highest BCUT2D eigenvalue weighted by Gasteiger charge is 2.34. The van der Waals surface area contributed by atoms with Gasteiger partial charge in [0.15, 0.2) is 5.82 Å². The van der Waals surface area contributed by atoms with Crippen molar-refractivity contribution in [2.75, 3.05) is 24.3 Å². The fraction of sp³-hybridized carbons (Fsp3) is 0.333. The van der Waals surface area contributed by atoms with Crippen molar-refractivity contribution in [2.24, 2.45) is 0 Å². The minimum Gasteiger partial charge on any atom is -0.376 e. The lowest BCUT2D eigenvalue weighted by Crippen LogP contribution is -2.26. The van der Waals surface area contributed by atoms with Gasteiger partial charge in [-0.15, -0.1) is 0 Å². The highest BCUT2D eigenvalue weighted by molar-refractivity contribution is 6.36. The standard InChI is InChI=1S/C24H26Cl2N4O/c1-4-19-23(27-3)30-24(22(28-19)17-11-10-15(25)13-18(17)26)29-21-16-9-7-6-8-14(16)12-20(21)31-5-2/h6-11,13,20-21H,4-5,12H2,1-3H3,(H2,27,29,30)/t20-,21+/m0/s1. The quantitative estimate of drug-likeness (QED) is 0.445. The van der Waals surface area contributed by atoms with Crippen LogP contribution in [0.15, 0.2) is 42.5 Å². The third-order valence-corrected chi connectivity index (χ3v) is 6.13. The summed E-state index contributed by atoms with van der Waals surface area (Å²) in [4.78, 5) is 9.84.